The summed E-state index contributed by atoms with van der Waals surface area (Å²) in [7, 11) is 0. The lowest BCUT2D eigenvalue weighted by atomic mass is 10.2. The number of hydrogen-bond acceptors (Lipinski definition) is 4. The van der Waals surface area contributed by atoms with Gasteiger partial charge in [0.05, 0.1) is 17.3 Å². The molecule has 0 aliphatic heterocycles. The highest BCUT2D eigenvalue weighted by atomic mass is 32.1. The van der Waals surface area contributed by atoms with Crippen molar-refractivity contribution in [2.75, 3.05) is 19.7 Å². The summed E-state index contributed by atoms with van der Waals surface area (Å²) in [5, 5.41) is 6.80. The van der Waals surface area contributed by atoms with Crippen LogP contribution in [0.5, 0.6) is 5.75 Å². The molecule has 0 unspecified atom stereocenters. The molecule has 1 aromatic heterocycles. The second kappa shape index (κ2) is 9.59. The molecule has 0 amide bonds. The maximum Gasteiger partial charge on any atom is 0.119 e. The van der Waals surface area contributed by atoms with Gasteiger partial charge >= 0.3 is 0 Å². The van der Waals surface area contributed by atoms with E-state index in [1.54, 1.807) is 11.3 Å². The van der Waals surface area contributed by atoms with E-state index < -0.39 is 0 Å². The lowest BCUT2D eigenvalue weighted by molar-refractivity contribution is 0.317. The van der Waals surface area contributed by atoms with Crippen LogP contribution in [0.4, 0.5) is 0 Å². The van der Waals surface area contributed by atoms with Gasteiger partial charge in [0.2, 0.25) is 0 Å². The van der Waals surface area contributed by atoms with Crippen molar-refractivity contribution in [3.8, 4) is 17.0 Å². The summed E-state index contributed by atoms with van der Waals surface area (Å²) in [6.45, 7) is 7.21. The smallest absolute Gasteiger partial charge is 0.119 e. The Morgan fingerprint density at radius 1 is 1.09 bits per heavy atom. The highest BCUT2D eigenvalue weighted by Gasteiger charge is 2.05. The van der Waals surface area contributed by atoms with Gasteiger partial charge in [-0.2, -0.15) is 0 Å². The molecule has 0 atom stereocenters. The van der Waals surface area contributed by atoms with E-state index in [0.717, 1.165) is 49.5 Å². The number of benzene rings is 1. The minimum Gasteiger partial charge on any atom is -0.494 e. The maximum absolute atomic E-state index is 5.61. The number of nitrogens with one attached hydrogen (secondary N) is 1. The van der Waals surface area contributed by atoms with Crippen LogP contribution in [0.25, 0.3) is 11.3 Å². The van der Waals surface area contributed by atoms with Gasteiger partial charge in [0.1, 0.15) is 5.75 Å². The maximum atomic E-state index is 5.61. The van der Waals surface area contributed by atoms with E-state index in [-0.39, 0.29) is 0 Å². The zero-order valence-corrected chi connectivity index (χ0v) is 14.4. The molecule has 0 aliphatic rings. The summed E-state index contributed by atoms with van der Waals surface area (Å²) in [6, 6.07) is 8.22. The molecule has 0 spiro atoms. The number of ether oxygens (including phenoxy) is 1. The normalized spacial score (nSPS) is 10.8. The Hall–Kier alpha value is -1.39. The van der Waals surface area contributed by atoms with Gasteiger partial charge in [0.25, 0.3) is 0 Å². The Labute approximate surface area is 137 Å². The minimum absolute atomic E-state index is 0.769. The average Bonchev–Trinajstić information content (AvgIpc) is 3.02. The van der Waals surface area contributed by atoms with Crippen molar-refractivity contribution >= 4 is 11.3 Å². The van der Waals surface area contributed by atoms with Crippen LogP contribution in [-0.2, 0) is 6.42 Å². The van der Waals surface area contributed by atoms with Gasteiger partial charge in [-0.3, -0.25) is 0 Å². The molecule has 22 heavy (non-hydrogen) atoms. The third-order valence-corrected chi connectivity index (χ3v) is 4.31. The van der Waals surface area contributed by atoms with Crippen molar-refractivity contribution < 1.29 is 4.74 Å². The van der Waals surface area contributed by atoms with Crippen LogP contribution in [0.3, 0.4) is 0 Å². The number of hydrogen-bond donors (Lipinski definition) is 1. The van der Waals surface area contributed by atoms with E-state index in [9.17, 15) is 0 Å². The first-order valence-corrected chi connectivity index (χ1v) is 9.09. The van der Waals surface area contributed by atoms with Gasteiger partial charge in [-0.05, 0) is 43.7 Å². The van der Waals surface area contributed by atoms with Crippen molar-refractivity contribution in [1.82, 2.24) is 10.3 Å². The SMILES string of the molecule is CCCCNCCc1nc(-c2ccc(OCCC)cc2)cs1. The van der Waals surface area contributed by atoms with Gasteiger partial charge in [0, 0.05) is 23.9 Å². The lowest BCUT2D eigenvalue weighted by Crippen LogP contribution is -2.18. The molecule has 4 heteroatoms. The largest absolute Gasteiger partial charge is 0.494 e. The fraction of sp³-hybridized carbons (Fsp3) is 0.500. The van der Waals surface area contributed by atoms with Crippen molar-refractivity contribution in [3.63, 3.8) is 0 Å². The van der Waals surface area contributed by atoms with Gasteiger partial charge in [-0.15, -0.1) is 11.3 Å². The summed E-state index contributed by atoms with van der Waals surface area (Å²) in [6.07, 6.45) is 4.53. The van der Waals surface area contributed by atoms with Gasteiger partial charge in [-0.25, -0.2) is 4.98 Å². The molecule has 0 saturated heterocycles. The predicted octanol–water partition coefficient (Wildman–Crippen LogP) is 4.53. The van der Waals surface area contributed by atoms with Crippen molar-refractivity contribution in [2.45, 2.75) is 39.5 Å². The quantitative estimate of drug-likeness (QED) is 0.653. The molecule has 2 rings (SSSR count). The predicted molar refractivity (Wildman–Crippen MR) is 94.8 cm³/mol. The number of thiazole rings is 1. The van der Waals surface area contributed by atoms with Crippen molar-refractivity contribution in [1.29, 1.82) is 0 Å². The Morgan fingerprint density at radius 2 is 1.91 bits per heavy atom. The molecule has 0 aliphatic carbocycles. The zero-order valence-electron chi connectivity index (χ0n) is 13.6. The minimum atomic E-state index is 0.769. The third-order valence-electron chi connectivity index (χ3n) is 3.40. The molecule has 3 nitrogen and oxygen atoms in total. The molecule has 0 bridgehead atoms. The fourth-order valence-corrected chi connectivity index (χ4v) is 2.93. The number of aromatic nitrogens is 1. The Balaban J connectivity index is 1.85. The second-order valence-corrected chi connectivity index (χ2v) is 6.30. The van der Waals surface area contributed by atoms with Crippen molar-refractivity contribution in [2.24, 2.45) is 0 Å². The van der Waals surface area contributed by atoms with E-state index in [0.29, 0.717) is 0 Å². The van der Waals surface area contributed by atoms with Crippen LogP contribution in [0.1, 0.15) is 38.1 Å². The van der Waals surface area contributed by atoms with Crippen LogP contribution in [0, 0.1) is 0 Å². The van der Waals surface area contributed by atoms with Gasteiger partial charge in [0.15, 0.2) is 0 Å². The lowest BCUT2D eigenvalue weighted by Gasteiger charge is -2.04. The van der Waals surface area contributed by atoms with Crippen molar-refractivity contribution in [3.05, 3.63) is 34.7 Å². The highest BCUT2D eigenvalue weighted by molar-refractivity contribution is 7.09. The number of rotatable bonds is 10. The molecule has 120 valence electrons. The van der Waals surface area contributed by atoms with Crippen LogP contribution in [-0.4, -0.2) is 24.7 Å². The molecule has 1 aromatic carbocycles. The Morgan fingerprint density at radius 3 is 2.64 bits per heavy atom. The molecular formula is C18H26N2OS. The molecule has 1 N–H and O–H groups in total. The van der Waals surface area contributed by atoms with E-state index in [1.165, 1.54) is 17.8 Å². The van der Waals surface area contributed by atoms with Crippen LogP contribution < -0.4 is 10.1 Å². The van der Waals surface area contributed by atoms with E-state index in [4.69, 9.17) is 9.72 Å². The van der Waals surface area contributed by atoms with Gasteiger partial charge in [-0.1, -0.05) is 20.3 Å². The summed E-state index contributed by atoms with van der Waals surface area (Å²) < 4.78 is 5.61. The van der Waals surface area contributed by atoms with Crippen LogP contribution >= 0.6 is 11.3 Å². The molecular weight excluding hydrogens is 292 g/mol. The van der Waals surface area contributed by atoms with Gasteiger partial charge < -0.3 is 10.1 Å². The van der Waals surface area contributed by atoms with E-state index in [1.807, 2.05) is 12.1 Å². The summed E-state index contributed by atoms with van der Waals surface area (Å²) >= 11 is 1.74. The topological polar surface area (TPSA) is 34.2 Å². The summed E-state index contributed by atoms with van der Waals surface area (Å²) in [4.78, 5) is 4.73. The molecule has 2 aromatic rings. The molecule has 0 saturated carbocycles. The fourth-order valence-electron chi connectivity index (χ4n) is 2.12. The first-order chi connectivity index (χ1) is 10.8. The first kappa shape index (κ1) is 17.0. The van der Waals surface area contributed by atoms with Crippen LogP contribution in [0.15, 0.2) is 29.6 Å². The van der Waals surface area contributed by atoms with Crippen LogP contribution in [0.2, 0.25) is 0 Å². The number of nitrogens with zero attached hydrogens (tertiary/aromatic N) is 1. The standard InChI is InChI=1S/C18H26N2OS/c1-3-5-11-19-12-10-18-20-17(14-22-18)15-6-8-16(9-7-15)21-13-4-2/h6-9,14,19H,3-5,10-13H2,1-2H3. The van der Waals surface area contributed by atoms with E-state index >= 15 is 0 Å². The second-order valence-electron chi connectivity index (χ2n) is 5.35. The monoisotopic (exact) mass is 318 g/mol. The Bertz CT molecular complexity index is 536. The first-order valence-electron chi connectivity index (χ1n) is 8.21. The average molecular weight is 318 g/mol. The number of unbranched alkanes of at least 4 members (excludes halogenated alkanes) is 1. The molecule has 1 heterocycles. The van der Waals surface area contributed by atoms with E-state index in [2.05, 4.69) is 36.7 Å². The Kier molecular flexibility index (Phi) is 7.40. The summed E-state index contributed by atoms with van der Waals surface area (Å²) in [5.41, 5.74) is 2.22. The molecule has 0 radical (unpaired) electrons. The summed E-state index contributed by atoms with van der Waals surface area (Å²) in [5.74, 6) is 0.932. The molecule has 0 fully saturated rings. The third kappa shape index (κ3) is 5.43. The zero-order chi connectivity index (χ0) is 15.6. The highest BCUT2D eigenvalue weighted by Crippen LogP contribution is 2.24.